The Bertz CT molecular complexity index is 1090. The van der Waals surface area contributed by atoms with Crippen molar-refractivity contribution in [2.24, 2.45) is 5.92 Å². The minimum atomic E-state index is -0.00490. The lowest BCUT2D eigenvalue weighted by atomic mass is 9.99. The molecule has 6 heteroatoms. The third kappa shape index (κ3) is 4.97. The van der Waals surface area contributed by atoms with Crippen molar-refractivity contribution in [1.29, 1.82) is 0 Å². The zero-order valence-electron chi connectivity index (χ0n) is 18.8. The molecule has 0 aliphatic carbocycles. The van der Waals surface area contributed by atoms with E-state index < -0.39 is 0 Å². The van der Waals surface area contributed by atoms with Crippen molar-refractivity contribution < 1.29 is 4.74 Å². The van der Waals surface area contributed by atoms with E-state index in [1.807, 2.05) is 41.1 Å². The van der Waals surface area contributed by atoms with Crippen LogP contribution in [0.1, 0.15) is 37.7 Å². The summed E-state index contributed by atoms with van der Waals surface area (Å²) >= 11 is 0. The number of aromatic nitrogens is 4. The number of hydrogen-bond donors (Lipinski definition) is 0. The number of methoxy groups -OCH3 is 1. The van der Waals surface area contributed by atoms with E-state index in [4.69, 9.17) is 4.74 Å². The van der Waals surface area contributed by atoms with E-state index in [2.05, 4.69) is 82.8 Å². The average molecular weight is 428 g/mol. The Labute approximate surface area is 189 Å². The molecule has 0 radical (unpaired) electrons. The fraction of sp³-hybridized carbons (Fsp3) is 0.269. The number of para-hydroxylation sites is 1. The summed E-state index contributed by atoms with van der Waals surface area (Å²) < 4.78 is 7.15. The molecule has 0 fully saturated rings. The van der Waals surface area contributed by atoms with Crippen molar-refractivity contribution in [3.05, 3.63) is 96.3 Å². The van der Waals surface area contributed by atoms with Crippen LogP contribution in [0, 0.1) is 5.92 Å². The molecule has 0 bridgehead atoms. The third-order valence-electron chi connectivity index (χ3n) is 5.46. The monoisotopic (exact) mass is 427 g/mol. The summed E-state index contributed by atoms with van der Waals surface area (Å²) in [5, 5.41) is 12.9. The lowest BCUT2D eigenvalue weighted by Crippen LogP contribution is -2.31. The second-order valence-electron chi connectivity index (χ2n) is 8.24. The van der Waals surface area contributed by atoms with Gasteiger partial charge in [-0.25, -0.2) is 0 Å². The standard InChI is InChI=1S/C26H29N5O/c1-20(2)18-25(26-27-28-29-31(26)23-14-16-24(32-3)17-15-23)30(22-12-8-5-9-13-22)19-21-10-6-4-7-11-21/h4-17,20,25H,18-19H2,1-3H3/t25-/m0/s1. The van der Waals surface area contributed by atoms with Gasteiger partial charge in [-0.15, -0.1) is 5.10 Å². The molecule has 6 nitrogen and oxygen atoms in total. The maximum Gasteiger partial charge on any atom is 0.179 e. The van der Waals surface area contributed by atoms with Crippen molar-refractivity contribution in [2.45, 2.75) is 32.9 Å². The maximum absolute atomic E-state index is 5.31. The Hall–Kier alpha value is -3.67. The minimum Gasteiger partial charge on any atom is -0.497 e. The van der Waals surface area contributed by atoms with E-state index in [-0.39, 0.29) is 6.04 Å². The van der Waals surface area contributed by atoms with Gasteiger partial charge in [0, 0.05) is 12.2 Å². The Morgan fingerprint density at radius 1 is 0.875 bits per heavy atom. The van der Waals surface area contributed by atoms with Gasteiger partial charge in [0.05, 0.1) is 18.8 Å². The molecular weight excluding hydrogens is 398 g/mol. The molecular formula is C26H29N5O. The summed E-state index contributed by atoms with van der Waals surface area (Å²) in [7, 11) is 1.66. The third-order valence-corrected chi connectivity index (χ3v) is 5.46. The van der Waals surface area contributed by atoms with Crippen LogP contribution in [-0.2, 0) is 6.54 Å². The summed E-state index contributed by atoms with van der Waals surface area (Å²) in [5.74, 6) is 2.09. The Morgan fingerprint density at radius 2 is 1.53 bits per heavy atom. The molecule has 0 aliphatic heterocycles. The molecule has 0 aliphatic rings. The highest BCUT2D eigenvalue weighted by molar-refractivity contribution is 5.49. The highest BCUT2D eigenvalue weighted by Gasteiger charge is 2.28. The fourth-order valence-corrected chi connectivity index (χ4v) is 3.91. The largest absolute Gasteiger partial charge is 0.497 e. The summed E-state index contributed by atoms with van der Waals surface area (Å²) in [6, 6.07) is 28.8. The average Bonchev–Trinajstić information content (AvgIpc) is 3.32. The molecule has 1 atom stereocenters. The summed E-state index contributed by atoms with van der Waals surface area (Å²) in [6.45, 7) is 5.23. The number of benzene rings is 3. The minimum absolute atomic E-state index is 0.00490. The van der Waals surface area contributed by atoms with Crippen molar-refractivity contribution in [3.63, 3.8) is 0 Å². The van der Waals surface area contributed by atoms with Gasteiger partial charge in [-0.05, 0) is 64.7 Å². The van der Waals surface area contributed by atoms with Crippen LogP contribution in [0.4, 0.5) is 5.69 Å². The zero-order valence-corrected chi connectivity index (χ0v) is 18.8. The Kier molecular flexibility index (Phi) is 6.80. The van der Waals surface area contributed by atoms with Gasteiger partial charge in [0.25, 0.3) is 0 Å². The molecule has 4 rings (SSSR count). The first-order chi connectivity index (χ1) is 15.7. The number of hydrogen-bond acceptors (Lipinski definition) is 5. The molecule has 0 amide bonds. The first-order valence-electron chi connectivity index (χ1n) is 10.9. The lowest BCUT2D eigenvalue weighted by molar-refractivity contribution is 0.414. The van der Waals surface area contributed by atoms with Gasteiger partial charge < -0.3 is 9.64 Å². The van der Waals surface area contributed by atoms with Gasteiger partial charge in [0.1, 0.15) is 5.75 Å². The van der Waals surface area contributed by atoms with E-state index >= 15 is 0 Å². The van der Waals surface area contributed by atoms with Gasteiger partial charge in [-0.3, -0.25) is 0 Å². The van der Waals surface area contributed by atoms with Gasteiger partial charge >= 0.3 is 0 Å². The molecule has 0 unspecified atom stereocenters. The predicted octanol–water partition coefficient (Wildman–Crippen LogP) is 5.46. The first-order valence-corrected chi connectivity index (χ1v) is 10.9. The van der Waals surface area contributed by atoms with E-state index in [0.29, 0.717) is 5.92 Å². The fourth-order valence-electron chi connectivity index (χ4n) is 3.91. The SMILES string of the molecule is COc1ccc(-n2nnnc2[C@H](CC(C)C)N(Cc2ccccc2)c2ccccc2)cc1. The van der Waals surface area contributed by atoms with E-state index in [9.17, 15) is 0 Å². The highest BCUT2D eigenvalue weighted by Crippen LogP contribution is 2.33. The molecule has 1 heterocycles. The van der Waals surface area contributed by atoms with Gasteiger partial charge in [-0.1, -0.05) is 62.4 Å². The smallest absolute Gasteiger partial charge is 0.179 e. The molecule has 0 spiro atoms. The van der Waals surface area contributed by atoms with E-state index in [1.165, 1.54) is 5.56 Å². The number of rotatable bonds is 9. The number of tetrazole rings is 1. The van der Waals surface area contributed by atoms with Gasteiger partial charge in [0.2, 0.25) is 0 Å². The zero-order chi connectivity index (χ0) is 22.3. The molecule has 4 aromatic rings. The van der Waals surface area contributed by atoms with E-state index in [0.717, 1.165) is 35.9 Å². The Morgan fingerprint density at radius 3 is 2.16 bits per heavy atom. The maximum atomic E-state index is 5.31. The van der Waals surface area contributed by atoms with Crippen LogP contribution >= 0.6 is 0 Å². The first kappa shape index (κ1) is 21.6. The lowest BCUT2D eigenvalue weighted by Gasteiger charge is -2.34. The molecule has 0 saturated heterocycles. The van der Waals surface area contributed by atoms with Gasteiger partial charge in [0.15, 0.2) is 5.82 Å². The molecule has 164 valence electrons. The van der Waals surface area contributed by atoms with E-state index in [1.54, 1.807) is 7.11 Å². The summed E-state index contributed by atoms with van der Waals surface area (Å²) in [5.41, 5.74) is 3.30. The summed E-state index contributed by atoms with van der Waals surface area (Å²) in [6.07, 6.45) is 0.915. The molecule has 3 aromatic carbocycles. The Balaban J connectivity index is 1.78. The van der Waals surface area contributed by atoms with Crippen molar-refractivity contribution >= 4 is 5.69 Å². The summed E-state index contributed by atoms with van der Waals surface area (Å²) in [4.78, 5) is 2.40. The molecule has 0 N–H and O–H groups in total. The quantitative estimate of drug-likeness (QED) is 0.355. The van der Waals surface area contributed by atoms with Crippen LogP contribution in [0.25, 0.3) is 5.69 Å². The van der Waals surface area contributed by atoms with Crippen LogP contribution < -0.4 is 9.64 Å². The van der Waals surface area contributed by atoms with Gasteiger partial charge in [-0.2, -0.15) is 4.68 Å². The van der Waals surface area contributed by atoms with Crippen LogP contribution in [0.15, 0.2) is 84.9 Å². The van der Waals surface area contributed by atoms with Crippen LogP contribution in [0.2, 0.25) is 0 Å². The second-order valence-corrected chi connectivity index (χ2v) is 8.24. The number of ether oxygens (including phenoxy) is 1. The van der Waals surface area contributed by atoms with Crippen molar-refractivity contribution in [3.8, 4) is 11.4 Å². The topological polar surface area (TPSA) is 56.1 Å². The van der Waals surface area contributed by atoms with Crippen LogP contribution in [0.3, 0.4) is 0 Å². The number of anilines is 1. The number of nitrogens with zero attached hydrogens (tertiary/aromatic N) is 5. The normalized spacial score (nSPS) is 12.0. The second kappa shape index (κ2) is 10.1. The highest BCUT2D eigenvalue weighted by atomic mass is 16.5. The van der Waals surface area contributed by atoms with Crippen LogP contribution in [0.5, 0.6) is 5.75 Å². The molecule has 32 heavy (non-hydrogen) atoms. The van der Waals surface area contributed by atoms with Crippen molar-refractivity contribution in [2.75, 3.05) is 12.0 Å². The predicted molar refractivity (Wildman–Crippen MR) is 127 cm³/mol. The molecule has 0 saturated carbocycles. The van der Waals surface area contributed by atoms with Crippen molar-refractivity contribution in [1.82, 2.24) is 20.2 Å². The molecule has 1 aromatic heterocycles. The van der Waals surface area contributed by atoms with Crippen LogP contribution in [-0.4, -0.2) is 27.3 Å².